The summed E-state index contributed by atoms with van der Waals surface area (Å²) in [5, 5.41) is 9.34. The van der Waals surface area contributed by atoms with Gasteiger partial charge in [-0.2, -0.15) is 13.2 Å². The van der Waals surface area contributed by atoms with Crippen LogP contribution in [0, 0.1) is 0 Å². The predicted octanol–water partition coefficient (Wildman–Crippen LogP) is 4.79. The van der Waals surface area contributed by atoms with Crippen LogP contribution in [0.2, 0.25) is 5.02 Å². The summed E-state index contributed by atoms with van der Waals surface area (Å²) in [6.45, 7) is 0.170. The maximum Gasteiger partial charge on any atom is 0.416 e. The van der Waals surface area contributed by atoms with E-state index in [9.17, 15) is 18.0 Å². The number of thioether (sulfide) groups is 1. The summed E-state index contributed by atoms with van der Waals surface area (Å²) in [5.74, 6) is 0.500. The number of carbonyl (C=O) groups excluding carboxylic acids is 1. The first kappa shape index (κ1) is 21.0. The van der Waals surface area contributed by atoms with Crippen molar-refractivity contribution < 1.29 is 22.7 Å². The molecule has 0 fully saturated rings. The molecule has 0 aliphatic rings. The summed E-state index contributed by atoms with van der Waals surface area (Å²) >= 11 is 6.88. The van der Waals surface area contributed by atoms with Crippen LogP contribution in [0.4, 0.5) is 18.9 Å². The van der Waals surface area contributed by atoms with Crippen LogP contribution in [0.1, 0.15) is 11.4 Å². The number of H-pyrrole nitrogens is 1. The number of halogens is 4. The minimum Gasteiger partial charge on any atom is -0.486 e. The Morgan fingerprint density at radius 1 is 1.21 bits per heavy atom. The van der Waals surface area contributed by atoms with Crippen LogP contribution in [0.15, 0.2) is 53.7 Å². The third-order valence-corrected chi connectivity index (χ3v) is 4.71. The fourth-order valence-electron chi connectivity index (χ4n) is 2.19. The Labute approximate surface area is 172 Å². The molecule has 0 aliphatic heterocycles. The SMILES string of the molecule is O=C(CSc1n[nH]c(COc2ccccc2)n1)Nc1cc(C(F)(F)F)ccc1Cl. The van der Waals surface area contributed by atoms with Crippen LogP contribution >= 0.6 is 23.4 Å². The van der Waals surface area contributed by atoms with Gasteiger partial charge in [0.15, 0.2) is 5.82 Å². The predicted molar refractivity (Wildman–Crippen MR) is 103 cm³/mol. The molecule has 29 heavy (non-hydrogen) atoms. The molecule has 11 heteroatoms. The molecule has 0 aliphatic carbocycles. The minimum absolute atomic E-state index is 0.00888. The van der Waals surface area contributed by atoms with Gasteiger partial charge in [-0.15, -0.1) is 5.10 Å². The number of rotatable bonds is 7. The summed E-state index contributed by atoms with van der Waals surface area (Å²) in [6.07, 6.45) is -4.53. The molecule has 0 saturated carbocycles. The monoisotopic (exact) mass is 442 g/mol. The van der Waals surface area contributed by atoms with Crippen LogP contribution in [-0.2, 0) is 17.6 Å². The summed E-state index contributed by atoms with van der Waals surface area (Å²) in [5.41, 5.74) is -1.01. The number of anilines is 1. The quantitative estimate of drug-likeness (QED) is 0.514. The van der Waals surface area contributed by atoms with Crippen molar-refractivity contribution in [3.8, 4) is 5.75 Å². The van der Waals surface area contributed by atoms with E-state index in [2.05, 4.69) is 20.5 Å². The lowest BCUT2D eigenvalue weighted by Gasteiger charge is -2.11. The van der Waals surface area contributed by atoms with E-state index in [0.717, 1.165) is 30.0 Å². The number of ether oxygens (including phenoxy) is 1. The third-order valence-electron chi connectivity index (χ3n) is 3.53. The highest BCUT2D eigenvalue weighted by molar-refractivity contribution is 7.99. The van der Waals surface area contributed by atoms with Gasteiger partial charge in [0, 0.05) is 0 Å². The molecule has 1 aromatic heterocycles. The van der Waals surface area contributed by atoms with Crippen LogP contribution in [0.3, 0.4) is 0 Å². The first-order valence-electron chi connectivity index (χ1n) is 8.20. The summed E-state index contributed by atoms with van der Waals surface area (Å²) in [6, 6.07) is 11.9. The second-order valence-corrected chi connectivity index (χ2v) is 7.05. The molecule has 6 nitrogen and oxygen atoms in total. The van der Waals surface area contributed by atoms with Gasteiger partial charge in [-0.05, 0) is 30.3 Å². The van der Waals surface area contributed by atoms with Crippen LogP contribution < -0.4 is 10.1 Å². The number of hydrogen-bond donors (Lipinski definition) is 2. The number of nitrogens with one attached hydrogen (secondary N) is 2. The largest absolute Gasteiger partial charge is 0.486 e. The molecule has 0 bridgehead atoms. The Balaban J connectivity index is 1.52. The topological polar surface area (TPSA) is 79.9 Å². The number of hydrogen-bond acceptors (Lipinski definition) is 5. The van der Waals surface area contributed by atoms with Crippen LogP contribution in [0.25, 0.3) is 0 Å². The first-order chi connectivity index (χ1) is 13.8. The normalized spacial score (nSPS) is 11.3. The zero-order valence-electron chi connectivity index (χ0n) is 14.7. The van der Waals surface area contributed by atoms with Gasteiger partial charge in [-0.25, -0.2) is 4.98 Å². The highest BCUT2D eigenvalue weighted by atomic mass is 35.5. The molecule has 3 rings (SSSR count). The number of nitrogens with zero attached hydrogens (tertiary/aromatic N) is 2. The molecule has 0 radical (unpaired) electrons. The molecule has 0 saturated heterocycles. The Morgan fingerprint density at radius 2 is 1.97 bits per heavy atom. The number of amides is 1. The Morgan fingerprint density at radius 3 is 2.69 bits per heavy atom. The van der Waals surface area contributed by atoms with E-state index < -0.39 is 17.6 Å². The molecule has 1 amide bonds. The minimum atomic E-state index is -4.53. The standard InChI is InChI=1S/C18H14ClF3N4O2S/c19-13-7-6-11(18(20,21)22)8-14(13)23-16(27)10-29-17-24-15(25-26-17)9-28-12-4-2-1-3-5-12/h1-8H,9-10H2,(H,23,27)(H,24,25,26). The third kappa shape index (κ3) is 6.13. The van der Waals surface area contributed by atoms with Crippen molar-refractivity contribution in [3.63, 3.8) is 0 Å². The van der Waals surface area contributed by atoms with E-state index in [1.165, 1.54) is 0 Å². The van der Waals surface area contributed by atoms with Crippen molar-refractivity contribution in [2.45, 2.75) is 17.9 Å². The number of para-hydroxylation sites is 1. The highest BCUT2D eigenvalue weighted by Crippen LogP contribution is 2.33. The highest BCUT2D eigenvalue weighted by Gasteiger charge is 2.31. The van der Waals surface area contributed by atoms with Gasteiger partial charge in [-0.3, -0.25) is 9.89 Å². The van der Waals surface area contributed by atoms with Gasteiger partial charge in [0.05, 0.1) is 22.0 Å². The zero-order valence-corrected chi connectivity index (χ0v) is 16.2. The lowest BCUT2D eigenvalue weighted by Crippen LogP contribution is -2.15. The van der Waals surface area contributed by atoms with Crippen LogP contribution in [-0.4, -0.2) is 26.8 Å². The van der Waals surface area contributed by atoms with E-state index >= 15 is 0 Å². The summed E-state index contributed by atoms with van der Waals surface area (Å²) < 4.78 is 43.9. The average Bonchev–Trinajstić information content (AvgIpc) is 3.14. The van der Waals surface area contributed by atoms with E-state index in [1.807, 2.05) is 18.2 Å². The van der Waals surface area contributed by atoms with Gasteiger partial charge < -0.3 is 10.1 Å². The molecular formula is C18H14ClF3N4O2S. The number of benzene rings is 2. The molecule has 0 unspecified atom stereocenters. The van der Waals surface area contributed by atoms with Crippen molar-refractivity contribution in [2.24, 2.45) is 0 Å². The number of carbonyl (C=O) groups is 1. The van der Waals surface area contributed by atoms with Gasteiger partial charge in [0.2, 0.25) is 11.1 Å². The summed E-state index contributed by atoms with van der Waals surface area (Å²) in [7, 11) is 0. The Kier molecular flexibility index (Phi) is 6.65. The number of aromatic nitrogens is 3. The number of aromatic amines is 1. The maximum atomic E-state index is 12.8. The molecule has 0 atom stereocenters. The molecule has 152 valence electrons. The van der Waals surface area contributed by atoms with Crippen molar-refractivity contribution in [3.05, 3.63) is 64.9 Å². The summed E-state index contributed by atoms with van der Waals surface area (Å²) in [4.78, 5) is 16.2. The van der Waals surface area contributed by atoms with Crippen LogP contribution in [0.5, 0.6) is 5.75 Å². The lowest BCUT2D eigenvalue weighted by molar-refractivity contribution is -0.137. The molecular weight excluding hydrogens is 429 g/mol. The van der Waals surface area contributed by atoms with Gasteiger partial charge >= 0.3 is 6.18 Å². The molecule has 2 aromatic carbocycles. The maximum absolute atomic E-state index is 12.8. The average molecular weight is 443 g/mol. The molecule has 1 heterocycles. The second-order valence-electron chi connectivity index (χ2n) is 5.70. The van der Waals surface area contributed by atoms with Crippen molar-refractivity contribution >= 4 is 35.0 Å². The smallest absolute Gasteiger partial charge is 0.416 e. The molecule has 3 aromatic rings. The Bertz CT molecular complexity index is 983. The lowest BCUT2D eigenvalue weighted by atomic mass is 10.2. The van der Waals surface area contributed by atoms with Crippen molar-refractivity contribution in [1.29, 1.82) is 0 Å². The van der Waals surface area contributed by atoms with Gasteiger partial charge in [0.1, 0.15) is 12.4 Å². The molecule has 2 N–H and O–H groups in total. The van der Waals surface area contributed by atoms with Crippen molar-refractivity contribution in [1.82, 2.24) is 15.2 Å². The first-order valence-corrected chi connectivity index (χ1v) is 9.56. The fraction of sp³-hybridized carbons (Fsp3) is 0.167. The fourth-order valence-corrected chi connectivity index (χ4v) is 2.97. The van der Waals surface area contributed by atoms with E-state index in [-0.39, 0.29) is 23.1 Å². The Hall–Kier alpha value is -2.72. The van der Waals surface area contributed by atoms with E-state index in [4.69, 9.17) is 16.3 Å². The van der Waals surface area contributed by atoms with Gasteiger partial charge in [0.25, 0.3) is 0 Å². The van der Waals surface area contributed by atoms with E-state index in [0.29, 0.717) is 16.7 Å². The number of alkyl halides is 3. The van der Waals surface area contributed by atoms with Crippen molar-refractivity contribution in [2.75, 3.05) is 11.1 Å². The second kappa shape index (κ2) is 9.19. The van der Waals surface area contributed by atoms with Gasteiger partial charge in [-0.1, -0.05) is 41.6 Å². The molecule has 0 spiro atoms. The zero-order chi connectivity index (χ0) is 20.9. The van der Waals surface area contributed by atoms with E-state index in [1.54, 1.807) is 12.1 Å².